The number of unbranched alkanes of at least 4 members (excludes halogenated alkanes) is 44. The van der Waals surface area contributed by atoms with E-state index in [-0.39, 0.29) is 12.5 Å². The second-order valence-corrected chi connectivity index (χ2v) is 23.3. The van der Waals surface area contributed by atoms with E-state index >= 15 is 0 Å². The molecule has 1 aliphatic heterocycles. The van der Waals surface area contributed by atoms with Crippen molar-refractivity contribution in [3.63, 3.8) is 0 Å². The van der Waals surface area contributed by atoms with Gasteiger partial charge in [-0.2, -0.15) is 0 Å². The lowest BCUT2D eigenvalue weighted by molar-refractivity contribution is -0.302. The van der Waals surface area contributed by atoms with Gasteiger partial charge in [-0.15, -0.1) is 0 Å². The number of aliphatic hydroxyl groups excluding tert-OH is 5. The minimum Gasteiger partial charge on any atom is -0.394 e. The van der Waals surface area contributed by atoms with Crippen LogP contribution in [0.3, 0.4) is 0 Å². The molecule has 1 saturated heterocycles. The fourth-order valence-electron chi connectivity index (χ4n) is 10.7. The third kappa shape index (κ3) is 45.2. The quantitative estimate of drug-likeness (QED) is 0.0261. The number of ether oxygens (including phenoxy) is 2. The average Bonchev–Trinajstić information content (AvgIpc) is 3.42. The number of rotatable bonds is 58. The van der Waals surface area contributed by atoms with Crippen LogP contribution in [0, 0.1) is 0 Å². The summed E-state index contributed by atoms with van der Waals surface area (Å²) in [5, 5.41) is 54.6. The molecule has 7 atom stereocenters. The lowest BCUT2D eigenvalue weighted by atomic mass is 9.99. The largest absolute Gasteiger partial charge is 0.394 e. The summed E-state index contributed by atoms with van der Waals surface area (Å²) in [6.45, 7) is 3.80. The molecular formula is C67H127NO8. The van der Waals surface area contributed by atoms with Crippen LogP contribution in [0.4, 0.5) is 0 Å². The van der Waals surface area contributed by atoms with Gasteiger partial charge < -0.3 is 40.3 Å². The molecule has 448 valence electrons. The molecule has 1 amide bonds. The molecule has 9 nitrogen and oxygen atoms in total. The molecule has 0 spiro atoms. The van der Waals surface area contributed by atoms with Crippen LogP contribution in [0.5, 0.6) is 0 Å². The lowest BCUT2D eigenvalue weighted by Crippen LogP contribution is -2.60. The van der Waals surface area contributed by atoms with E-state index in [1.54, 1.807) is 6.08 Å². The van der Waals surface area contributed by atoms with Crippen LogP contribution in [-0.4, -0.2) is 87.5 Å². The van der Waals surface area contributed by atoms with Gasteiger partial charge in [0.25, 0.3) is 0 Å². The lowest BCUT2D eigenvalue weighted by Gasteiger charge is -2.40. The van der Waals surface area contributed by atoms with Gasteiger partial charge in [0.05, 0.1) is 25.4 Å². The Balaban J connectivity index is 2.10. The number of nitrogens with one attached hydrogen (secondary N) is 1. The smallest absolute Gasteiger partial charge is 0.220 e. The molecule has 0 aromatic rings. The van der Waals surface area contributed by atoms with Crippen LogP contribution in [0.2, 0.25) is 0 Å². The van der Waals surface area contributed by atoms with Crippen molar-refractivity contribution in [3.05, 3.63) is 36.5 Å². The molecular weight excluding hydrogens is 947 g/mol. The first-order chi connectivity index (χ1) is 37.3. The minimum atomic E-state index is -1.57. The molecule has 0 radical (unpaired) electrons. The maximum atomic E-state index is 13.1. The molecule has 1 heterocycles. The zero-order chi connectivity index (χ0) is 55.0. The Morgan fingerprint density at radius 2 is 0.750 bits per heavy atom. The molecule has 1 aliphatic rings. The van der Waals surface area contributed by atoms with Crippen LogP contribution in [-0.2, 0) is 14.3 Å². The molecule has 6 N–H and O–H groups in total. The van der Waals surface area contributed by atoms with Gasteiger partial charge in [-0.1, -0.05) is 301 Å². The van der Waals surface area contributed by atoms with Crippen molar-refractivity contribution in [2.75, 3.05) is 13.2 Å². The molecule has 0 aromatic carbocycles. The molecule has 1 rings (SSSR count). The highest BCUT2D eigenvalue weighted by Crippen LogP contribution is 2.23. The SMILES string of the molecule is CCCCCCCCCC/C=C\CCCCCCCCCCCCCCCCCCCCCCCCCC(=O)NC(COC1OC(CO)C(O)C(O)C1O)C(O)/C=C/CC/C=C/CCCCCCCCCCCCCC. The first-order valence-corrected chi connectivity index (χ1v) is 33.2. The van der Waals surface area contributed by atoms with Gasteiger partial charge in [0.2, 0.25) is 5.91 Å². The van der Waals surface area contributed by atoms with Crippen LogP contribution >= 0.6 is 0 Å². The Morgan fingerprint density at radius 3 is 1.11 bits per heavy atom. The van der Waals surface area contributed by atoms with Crippen LogP contribution in [0.1, 0.15) is 328 Å². The molecule has 1 fully saturated rings. The summed E-state index contributed by atoms with van der Waals surface area (Å²) >= 11 is 0. The number of aliphatic hydroxyl groups is 5. The molecule has 7 unspecified atom stereocenters. The molecule has 0 aliphatic carbocycles. The van der Waals surface area contributed by atoms with E-state index in [0.29, 0.717) is 6.42 Å². The first-order valence-electron chi connectivity index (χ1n) is 33.2. The van der Waals surface area contributed by atoms with Gasteiger partial charge in [0.1, 0.15) is 24.4 Å². The highest BCUT2D eigenvalue weighted by atomic mass is 16.7. The van der Waals surface area contributed by atoms with E-state index in [1.807, 2.05) is 6.08 Å². The molecule has 0 saturated carbocycles. The van der Waals surface area contributed by atoms with Gasteiger partial charge >= 0.3 is 0 Å². The van der Waals surface area contributed by atoms with Gasteiger partial charge in [-0.25, -0.2) is 0 Å². The van der Waals surface area contributed by atoms with Crippen molar-refractivity contribution in [2.24, 2.45) is 0 Å². The minimum absolute atomic E-state index is 0.180. The summed E-state index contributed by atoms with van der Waals surface area (Å²) in [4.78, 5) is 13.1. The van der Waals surface area contributed by atoms with E-state index in [2.05, 4.69) is 43.5 Å². The predicted molar refractivity (Wildman–Crippen MR) is 323 cm³/mol. The van der Waals surface area contributed by atoms with E-state index in [1.165, 1.54) is 270 Å². The molecule has 76 heavy (non-hydrogen) atoms. The fraction of sp³-hybridized carbons (Fsp3) is 0.896. The van der Waals surface area contributed by atoms with E-state index in [4.69, 9.17) is 9.47 Å². The highest BCUT2D eigenvalue weighted by Gasteiger charge is 2.44. The number of allylic oxidation sites excluding steroid dienone is 5. The topological polar surface area (TPSA) is 149 Å². The van der Waals surface area contributed by atoms with Gasteiger partial charge in [0.15, 0.2) is 6.29 Å². The number of amides is 1. The fourth-order valence-corrected chi connectivity index (χ4v) is 10.7. The summed E-state index contributed by atoms with van der Waals surface area (Å²) in [6, 6.07) is -0.820. The Bertz CT molecular complexity index is 1290. The van der Waals surface area contributed by atoms with Gasteiger partial charge in [0, 0.05) is 6.42 Å². The van der Waals surface area contributed by atoms with Crippen molar-refractivity contribution in [1.82, 2.24) is 5.32 Å². The Labute approximate surface area is 470 Å². The van der Waals surface area contributed by atoms with E-state index in [0.717, 1.165) is 38.5 Å². The van der Waals surface area contributed by atoms with Crippen molar-refractivity contribution in [2.45, 2.75) is 371 Å². The Morgan fingerprint density at radius 1 is 0.434 bits per heavy atom. The van der Waals surface area contributed by atoms with Crippen LogP contribution < -0.4 is 5.32 Å². The molecule has 0 aromatic heterocycles. The molecule has 9 heteroatoms. The summed E-state index contributed by atoms with van der Waals surface area (Å²) in [5.41, 5.74) is 0. The van der Waals surface area contributed by atoms with Crippen molar-refractivity contribution >= 4 is 5.91 Å². The van der Waals surface area contributed by atoms with E-state index in [9.17, 15) is 30.3 Å². The van der Waals surface area contributed by atoms with E-state index < -0.39 is 49.5 Å². The zero-order valence-corrected chi connectivity index (χ0v) is 50.0. The van der Waals surface area contributed by atoms with Crippen LogP contribution in [0.15, 0.2) is 36.5 Å². The van der Waals surface area contributed by atoms with Gasteiger partial charge in [-0.3, -0.25) is 4.79 Å². The standard InChI is InChI=1S/C67H127NO8/c1-3-5-7-9-11-13-15-17-19-21-23-24-25-26-27-28-29-30-31-32-33-34-35-36-37-38-39-41-43-45-47-49-51-53-55-57-63(71)68-60(59-75-67-66(74)65(73)64(72)62(58-69)76-67)61(70)56-54-52-50-48-46-44-42-40-22-20-18-16-14-12-10-8-6-4-2/h21,23,46,48,54,56,60-62,64-67,69-70,72-74H,3-20,22,24-45,47,49-53,55,57-59H2,1-2H3,(H,68,71)/b23-21-,48-46+,56-54+. The summed E-state index contributed by atoms with van der Waals surface area (Å²) in [7, 11) is 0. The summed E-state index contributed by atoms with van der Waals surface area (Å²) in [5.74, 6) is -0.180. The predicted octanol–water partition coefficient (Wildman–Crippen LogP) is 17.5. The van der Waals surface area contributed by atoms with Crippen LogP contribution in [0.25, 0.3) is 0 Å². The van der Waals surface area contributed by atoms with Crippen molar-refractivity contribution in [1.29, 1.82) is 0 Å². The monoisotopic (exact) mass is 1070 g/mol. The van der Waals surface area contributed by atoms with Gasteiger partial charge in [-0.05, 0) is 57.8 Å². The third-order valence-corrected chi connectivity index (χ3v) is 15.9. The normalized spacial score (nSPS) is 19.0. The number of hydrogen-bond donors (Lipinski definition) is 6. The van der Waals surface area contributed by atoms with Crippen molar-refractivity contribution in [3.8, 4) is 0 Å². The summed E-state index contributed by atoms with van der Waals surface area (Å²) < 4.78 is 11.3. The Hall–Kier alpha value is -1.59. The Kier molecular flexibility index (Phi) is 54.0. The summed E-state index contributed by atoms with van der Waals surface area (Å²) in [6.07, 6.45) is 68.3. The highest BCUT2D eigenvalue weighted by molar-refractivity contribution is 5.76. The second-order valence-electron chi connectivity index (χ2n) is 23.3. The average molecular weight is 1070 g/mol. The first kappa shape index (κ1) is 72.4. The van der Waals surface area contributed by atoms with Crippen molar-refractivity contribution < 1.29 is 39.8 Å². The second kappa shape index (κ2) is 56.7. The maximum Gasteiger partial charge on any atom is 0.220 e. The molecule has 0 bridgehead atoms. The third-order valence-electron chi connectivity index (χ3n) is 15.9. The number of carbonyl (C=O) groups is 1. The number of carbonyl (C=O) groups excluding carboxylic acids is 1. The number of hydrogen-bond acceptors (Lipinski definition) is 8. The zero-order valence-electron chi connectivity index (χ0n) is 50.0. The maximum absolute atomic E-state index is 13.1.